The minimum Gasteiger partial charge on any atom is -0.478 e. The maximum Gasteiger partial charge on any atom is 0.335 e. The molecule has 2 aromatic carbocycles. The van der Waals surface area contributed by atoms with Crippen molar-refractivity contribution in [3.05, 3.63) is 75.3 Å². The highest BCUT2D eigenvalue weighted by atomic mass is 35.5. The molecule has 27 heavy (non-hydrogen) atoms. The minimum atomic E-state index is -0.983. The van der Waals surface area contributed by atoms with Crippen LogP contribution in [0.3, 0.4) is 0 Å². The monoisotopic (exact) mass is 382 g/mol. The third kappa shape index (κ3) is 3.43. The van der Waals surface area contributed by atoms with Crippen molar-refractivity contribution in [3.63, 3.8) is 0 Å². The molecule has 0 fully saturated rings. The molecule has 2 aromatic rings. The van der Waals surface area contributed by atoms with E-state index in [1.807, 2.05) is 0 Å². The van der Waals surface area contributed by atoms with Crippen molar-refractivity contribution >= 4 is 23.1 Å². The largest absolute Gasteiger partial charge is 0.478 e. The zero-order valence-corrected chi connectivity index (χ0v) is 17.5. The molecule has 0 unspecified atom stereocenters. The van der Waals surface area contributed by atoms with Crippen molar-refractivity contribution in [1.82, 2.24) is 0 Å². The van der Waals surface area contributed by atoms with Crippen molar-refractivity contribution in [2.75, 3.05) is 0 Å². The van der Waals surface area contributed by atoms with Gasteiger partial charge in [0.05, 0.1) is 5.56 Å². The fraction of sp³-hybridized carbons (Fsp3) is 0.375. The second kappa shape index (κ2) is 6.53. The summed E-state index contributed by atoms with van der Waals surface area (Å²) in [5, 5.41) is 9.57. The third-order valence-electron chi connectivity index (χ3n) is 6.06. The van der Waals surface area contributed by atoms with Crippen molar-refractivity contribution in [2.24, 2.45) is 0 Å². The van der Waals surface area contributed by atoms with E-state index in [0.717, 1.165) is 23.1 Å². The lowest BCUT2D eigenvalue weighted by Crippen LogP contribution is -2.34. The molecular weight excluding hydrogens is 356 g/mol. The molecule has 0 spiro atoms. The molecule has 3 heteroatoms. The zero-order valence-electron chi connectivity index (χ0n) is 16.7. The van der Waals surface area contributed by atoms with Crippen LogP contribution in [0.5, 0.6) is 0 Å². The number of halogens is 1. The first kappa shape index (κ1) is 19.7. The van der Waals surface area contributed by atoms with Crippen LogP contribution in [0.2, 0.25) is 5.02 Å². The van der Waals surface area contributed by atoms with Crippen LogP contribution in [-0.4, -0.2) is 11.1 Å². The van der Waals surface area contributed by atoms with Gasteiger partial charge in [-0.25, -0.2) is 4.79 Å². The number of rotatable bonds is 3. The number of benzene rings is 2. The van der Waals surface area contributed by atoms with Gasteiger partial charge in [-0.2, -0.15) is 0 Å². The van der Waals surface area contributed by atoms with Crippen LogP contribution in [-0.2, 0) is 10.8 Å². The molecule has 0 radical (unpaired) electrons. The van der Waals surface area contributed by atoms with Crippen LogP contribution in [0.4, 0.5) is 0 Å². The SMILES string of the molecule is C=C(c1cc2c(cc1C)C(C)(C)CCC2(C)C)c1ccc(C(=O)O)cc1Cl. The highest BCUT2D eigenvalue weighted by Crippen LogP contribution is 2.47. The summed E-state index contributed by atoms with van der Waals surface area (Å²) in [7, 11) is 0. The van der Waals surface area contributed by atoms with Crippen LogP contribution in [0.25, 0.3) is 5.57 Å². The standard InChI is InChI=1S/C24H27ClO2/c1-14-11-19-20(24(5,6)10-9-23(19,3)4)13-18(14)15(2)17-8-7-16(22(26)27)12-21(17)25/h7-8,11-13H,2,9-10H2,1,3-6H3,(H,26,27). The maximum atomic E-state index is 11.2. The van der Waals surface area contributed by atoms with Gasteiger partial charge in [-0.1, -0.05) is 64.1 Å². The van der Waals surface area contributed by atoms with Crippen LogP contribution >= 0.6 is 11.6 Å². The number of aryl methyl sites for hydroxylation is 1. The predicted molar refractivity (Wildman–Crippen MR) is 113 cm³/mol. The molecule has 0 bridgehead atoms. The molecule has 2 nitrogen and oxygen atoms in total. The summed E-state index contributed by atoms with van der Waals surface area (Å²) >= 11 is 6.39. The first-order valence-electron chi connectivity index (χ1n) is 9.32. The van der Waals surface area contributed by atoms with E-state index in [2.05, 4.69) is 53.3 Å². The van der Waals surface area contributed by atoms with E-state index in [1.165, 1.54) is 29.2 Å². The van der Waals surface area contributed by atoms with Crippen LogP contribution in [0, 0.1) is 6.92 Å². The number of hydrogen-bond donors (Lipinski definition) is 1. The Labute approximate surface area is 166 Å². The van der Waals surface area contributed by atoms with E-state index in [4.69, 9.17) is 16.7 Å². The summed E-state index contributed by atoms with van der Waals surface area (Å²) in [5.41, 5.74) is 7.10. The maximum absolute atomic E-state index is 11.2. The summed E-state index contributed by atoms with van der Waals surface area (Å²) in [4.78, 5) is 11.2. The Morgan fingerprint density at radius 3 is 2.07 bits per heavy atom. The van der Waals surface area contributed by atoms with Gasteiger partial charge in [0.1, 0.15) is 0 Å². The molecule has 1 aliphatic carbocycles. The van der Waals surface area contributed by atoms with E-state index in [0.29, 0.717) is 5.02 Å². The van der Waals surface area contributed by atoms with Crippen LogP contribution in [0.1, 0.15) is 78.7 Å². The van der Waals surface area contributed by atoms with Crippen molar-refractivity contribution in [3.8, 4) is 0 Å². The molecule has 1 aliphatic rings. The lowest BCUT2D eigenvalue weighted by atomic mass is 9.62. The van der Waals surface area contributed by atoms with E-state index < -0.39 is 5.97 Å². The number of carboxylic acid groups (broad SMARTS) is 1. The summed E-state index contributed by atoms with van der Waals surface area (Å²) < 4.78 is 0. The van der Waals surface area contributed by atoms with Gasteiger partial charge in [0.15, 0.2) is 0 Å². The van der Waals surface area contributed by atoms with Gasteiger partial charge in [0.2, 0.25) is 0 Å². The van der Waals surface area contributed by atoms with Gasteiger partial charge in [-0.3, -0.25) is 0 Å². The molecule has 0 aliphatic heterocycles. The summed E-state index contributed by atoms with van der Waals surface area (Å²) in [6.45, 7) is 15.6. The van der Waals surface area contributed by atoms with Gasteiger partial charge in [-0.15, -0.1) is 0 Å². The first-order chi connectivity index (χ1) is 12.4. The topological polar surface area (TPSA) is 37.3 Å². The summed E-state index contributed by atoms with van der Waals surface area (Å²) in [6.07, 6.45) is 2.32. The second-order valence-corrected chi connectivity index (χ2v) is 9.37. The molecule has 3 rings (SSSR count). The van der Waals surface area contributed by atoms with Gasteiger partial charge in [0, 0.05) is 10.6 Å². The molecule has 0 atom stereocenters. The number of carboxylic acids is 1. The number of aromatic carboxylic acids is 1. The molecular formula is C24H27ClO2. The Bertz CT molecular complexity index is 951. The van der Waals surface area contributed by atoms with Crippen molar-refractivity contribution in [1.29, 1.82) is 0 Å². The molecule has 0 heterocycles. The average molecular weight is 383 g/mol. The van der Waals surface area contributed by atoms with Crippen LogP contribution in [0.15, 0.2) is 36.9 Å². The molecule has 0 amide bonds. The Morgan fingerprint density at radius 2 is 1.56 bits per heavy atom. The second-order valence-electron chi connectivity index (χ2n) is 8.96. The highest BCUT2D eigenvalue weighted by Gasteiger charge is 2.37. The minimum absolute atomic E-state index is 0.116. The fourth-order valence-electron chi connectivity index (χ4n) is 4.09. The molecule has 0 saturated heterocycles. The molecule has 142 valence electrons. The number of fused-ring (bicyclic) bond motifs is 1. The third-order valence-corrected chi connectivity index (χ3v) is 6.38. The lowest BCUT2D eigenvalue weighted by Gasteiger charge is -2.42. The smallest absolute Gasteiger partial charge is 0.335 e. The molecule has 1 N–H and O–H groups in total. The quantitative estimate of drug-likeness (QED) is 0.636. The normalized spacial score (nSPS) is 17.3. The fourth-order valence-corrected chi connectivity index (χ4v) is 4.38. The first-order valence-corrected chi connectivity index (χ1v) is 9.70. The van der Waals surface area contributed by atoms with Gasteiger partial charge >= 0.3 is 5.97 Å². The number of carbonyl (C=O) groups is 1. The zero-order chi connectivity index (χ0) is 20.1. The Kier molecular flexibility index (Phi) is 4.76. The molecule has 0 aromatic heterocycles. The number of hydrogen-bond acceptors (Lipinski definition) is 1. The van der Waals surface area contributed by atoms with E-state index in [1.54, 1.807) is 12.1 Å². The predicted octanol–water partition coefficient (Wildman–Crippen LogP) is 6.76. The average Bonchev–Trinajstić information content (AvgIpc) is 2.58. The summed E-state index contributed by atoms with van der Waals surface area (Å²) in [6, 6.07) is 9.40. The van der Waals surface area contributed by atoms with E-state index in [9.17, 15) is 4.79 Å². The Hall–Kier alpha value is -2.06. The Morgan fingerprint density at radius 1 is 1.00 bits per heavy atom. The van der Waals surface area contributed by atoms with E-state index >= 15 is 0 Å². The van der Waals surface area contributed by atoms with Gasteiger partial charge in [-0.05, 0) is 70.6 Å². The van der Waals surface area contributed by atoms with Crippen molar-refractivity contribution in [2.45, 2.75) is 58.3 Å². The van der Waals surface area contributed by atoms with Gasteiger partial charge < -0.3 is 5.11 Å². The summed E-state index contributed by atoms with van der Waals surface area (Å²) in [5.74, 6) is -0.983. The van der Waals surface area contributed by atoms with Crippen molar-refractivity contribution < 1.29 is 9.90 Å². The van der Waals surface area contributed by atoms with Crippen LogP contribution < -0.4 is 0 Å². The lowest BCUT2D eigenvalue weighted by molar-refractivity contribution is 0.0697. The molecule has 0 saturated carbocycles. The van der Waals surface area contributed by atoms with Gasteiger partial charge in [0.25, 0.3) is 0 Å². The van der Waals surface area contributed by atoms with E-state index in [-0.39, 0.29) is 16.4 Å². The Balaban J connectivity index is 2.13. The highest BCUT2D eigenvalue weighted by molar-refractivity contribution is 6.33.